The van der Waals surface area contributed by atoms with E-state index in [4.69, 9.17) is 4.74 Å². The van der Waals surface area contributed by atoms with Gasteiger partial charge in [-0.2, -0.15) is 0 Å². The summed E-state index contributed by atoms with van der Waals surface area (Å²) in [5.74, 6) is -1.41. The molecule has 112 valence electrons. The molecule has 0 aliphatic rings. The zero-order chi connectivity index (χ0) is 15.9. The Kier molecular flexibility index (Phi) is 3.41. The molecule has 0 saturated heterocycles. The van der Waals surface area contributed by atoms with Crippen LogP contribution < -0.4 is 0 Å². The van der Waals surface area contributed by atoms with Gasteiger partial charge in [0.15, 0.2) is 0 Å². The minimum atomic E-state index is -0.574. The lowest BCUT2D eigenvalue weighted by Gasteiger charge is -2.03. The highest BCUT2D eigenvalue weighted by atomic mass is 19.1. The molecule has 5 heteroatoms. The van der Waals surface area contributed by atoms with Crippen molar-refractivity contribution in [2.24, 2.45) is 0 Å². The maximum atomic E-state index is 14.1. The Bertz CT molecular complexity index is 866. The van der Waals surface area contributed by atoms with Crippen molar-refractivity contribution in [1.82, 2.24) is 4.98 Å². The third-order valence-corrected chi connectivity index (χ3v) is 3.53. The van der Waals surface area contributed by atoms with Crippen molar-refractivity contribution < 1.29 is 18.3 Å². The van der Waals surface area contributed by atoms with E-state index in [-0.39, 0.29) is 16.9 Å². The first kappa shape index (κ1) is 14.3. The summed E-state index contributed by atoms with van der Waals surface area (Å²) >= 11 is 0. The number of benzene rings is 2. The highest BCUT2D eigenvalue weighted by molar-refractivity contribution is 6.10. The number of hydrogen-bond acceptors (Lipinski definition) is 2. The van der Waals surface area contributed by atoms with Crippen molar-refractivity contribution in [3.63, 3.8) is 0 Å². The smallest absolute Gasteiger partial charge is 0.340 e. The SMILES string of the molecule is COC(=O)c1c(-c2ccc(F)cc2)[nH]c2c(F)cc(C)cc12. The molecule has 3 rings (SSSR count). The number of esters is 1. The molecule has 3 aromatic rings. The minimum Gasteiger partial charge on any atom is -0.465 e. The largest absolute Gasteiger partial charge is 0.465 e. The maximum absolute atomic E-state index is 14.1. The van der Waals surface area contributed by atoms with Crippen LogP contribution in [0, 0.1) is 18.6 Å². The van der Waals surface area contributed by atoms with Gasteiger partial charge in [-0.1, -0.05) is 0 Å². The van der Waals surface area contributed by atoms with E-state index >= 15 is 0 Å². The summed E-state index contributed by atoms with van der Waals surface area (Å²) in [7, 11) is 1.27. The quantitative estimate of drug-likeness (QED) is 0.720. The van der Waals surface area contributed by atoms with Crippen LogP contribution in [0.1, 0.15) is 15.9 Å². The number of ether oxygens (including phenoxy) is 1. The number of fused-ring (bicyclic) bond motifs is 1. The molecule has 0 radical (unpaired) electrons. The number of nitrogens with one attached hydrogen (secondary N) is 1. The standard InChI is InChI=1S/C17H13F2NO2/c1-9-7-12-14(17(21)22-2)15(20-16(12)13(19)8-9)10-3-5-11(18)6-4-10/h3-8,20H,1-2H3. The molecule has 0 saturated carbocycles. The van der Waals surface area contributed by atoms with E-state index in [2.05, 4.69) is 4.98 Å². The molecule has 1 aromatic heterocycles. The van der Waals surface area contributed by atoms with Crippen LogP contribution in [-0.4, -0.2) is 18.1 Å². The monoisotopic (exact) mass is 301 g/mol. The van der Waals surface area contributed by atoms with E-state index in [9.17, 15) is 13.6 Å². The molecule has 0 aliphatic carbocycles. The van der Waals surface area contributed by atoms with Gasteiger partial charge in [0.05, 0.1) is 23.9 Å². The van der Waals surface area contributed by atoms with Crippen molar-refractivity contribution in [2.75, 3.05) is 7.11 Å². The Morgan fingerprint density at radius 3 is 2.45 bits per heavy atom. The number of halogens is 2. The Morgan fingerprint density at radius 2 is 1.82 bits per heavy atom. The zero-order valence-electron chi connectivity index (χ0n) is 12.0. The van der Waals surface area contributed by atoms with E-state index in [1.165, 1.54) is 37.4 Å². The van der Waals surface area contributed by atoms with Gasteiger partial charge in [-0.3, -0.25) is 0 Å². The normalized spacial score (nSPS) is 10.9. The highest BCUT2D eigenvalue weighted by Gasteiger charge is 2.22. The second-order valence-electron chi connectivity index (χ2n) is 5.04. The lowest BCUT2D eigenvalue weighted by atomic mass is 10.0. The highest BCUT2D eigenvalue weighted by Crippen LogP contribution is 2.33. The van der Waals surface area contributed by atoms with Crippen LogP contribution in [-0.2, 0) is 4.74 Å². The summed E-state index contributed by atoms with van der Waals surface area (Å²) in [6.07, 6.45) is 0. The van der Waals surface area contributed by atoms with Crippen molar-refractivity contribution in [2.45, 2.75) is 6.92 Å². The fourth-order valence-electron chi connectivity index (χ4n) is 2.54. The summed E-state index contributed by atoms with van der Waals surface area (Å²) < 4.78 is 32.0. The Hall–Kier alpha value is -2.69. The van der Waals surface area contributed by atoms with Crippen LogP contribution in [0.4, 0.5) is 8.78 Å². The van der Waals surface area contributed by atoms with E-state index in [1.54, 1.807) is 13.0 Å². The molecule has 0 bridgehead atoms. The molecule has 0 atom stereocenters. The van der Waals surface area contributed by atoms with Gasteiger partial charge in [0, 0.05) is 5.39 Å². The Morgan fingerprint density at radius 1 is 1.14 bits per heavy atom. The number of carbonyl (C=O) groups is 1. The molecule has 3 nitrogen and oxygen atoms in total. The van der Waals surface area contributed by atoms with Crippen molar-refractivity contribution in [1.29, 1.82) is 0 Å². The van der Waals surface area contributed by atoms with Crippen molar-refractivity contribution in [3.8, 4) is 11.3 Å². The number of methoxy groups -OCH3 is 1. The van der Waals surface area contributed by atoms with Gasteiger partial charge in [0.1, 0.15) is 11.6 Å². The average Bonchev–Trinajstić information content (AvgIpc) is 2.87. The van der Waals surface area contributed by atoms with Crippen molar-refractivity contribution >= 4 is 16.9 Å². The number of aryl methyl sites for hydroxylation is 1. The fourth-order valence-corrected chi connectivity index (χ4v) is 2.54. The van der Waals surface area contributed by atoms with E-state index in [0.29, 0.717) is 22.2 Å². The first-order valence-corrected chi connectivity index (χ1v) is 6.67. The molecule has 2 aromatic carbocycles. The molecule has 1 N–H and O–H groups in total. The Labute approximate surface area is 125 Å². The van der Waals surface area contributed by atoms with Crippen LogP contribution in [0.25, 0.3) is 22.2 Å². The number of carbonyl (C=O) groups excluding carboxylic acids is 1. The van der Waals surface area contributed by atoms with E-state index < -0.39 is 11.8 Å². The van der Waals surface area contributed by atoms with Gasteiger partial charge in [-0.05, 0) is 54.4 Å². The summed E-state index contributed by atoms with van der Waals surface area (Å²) in [5.41, 5.74) is 2.15. The molecule has 0 amide bonds. The lowest BCUT2D eigenvalue weighted by molar-refractivity contribution is 0.0604. The minimum absolute atomic E-state index is 0.227. The van der Waals surface area contributed by atoms with E-state index in [0.717, 1.165) is 0 Å². The molecular weight excluding hydrogens is 288 g/mol. The van der Waals surface area contributed by atoms with Crippen molar-refractivity contribution in [3.05, 3.63) is 59.2 Å². The zero-order valence-corrected chi connectivity index (χ0v) is 12.0. The topological polar surface area (TPSA) is 42.1 Å². The van der Waals surface area contributed by atoms with E-state index in [1.807, 2.05) is 0 Å². The predicted molar refractivity (Wildman–Crippen MR) is 79.7 cm³/mol. The number of aromatic amines is 1. The second-order valence-corrected chi connectivity index (χ2v) is 5.04. The lowest BCUT2D eigenvalue weighted by Crippen LogP contribution is -2.02. The second kappa shape index (κ2) is 5.26. The van der Waals surface area contributed by atoms with Gasteiger partial charge >= 0.3 is 5.97 Å². The van der Waals surface area contributed by atoms with Crippen LogP contribution in [0.5, 0.6) is 0 Å². The number of rotatable bonds is 2. The van der Waals surface area contributed by atoms with Gasteiger partial charge < -0.3 is 9.72 Å². The van der Waals surface area contributed by atoms with Gasteiger partial charge in [0.2, 0.25) is 0 Å². The van der Waals surface area contributed by atoms with Crippen LogP contribution in [0.3, 0.4) is 0 Å². The molecule has 0 aliphatic heterocycles. The van der Waals surface area contributed by atoms with Gasteiger partial charge in [-0.25, -0.2) is 13.6 Å². The summed E-state index contributed by atoms with van der Waals surface area (Å²) in [5, 5.41) is 0.448. The summed E-state index contributed by atoms with van der Waals surface area (Å²) in [6, 6.07) is 8.71. The Balaban J connectivity index is 2.36. The number of hydrogen-bond donors (Lipinski definition) is 1. The van der Waals surface area contributed by atoms with Crippen LogP contribution in [0.2, 0.25) is 0 Å². The third kappa shape index (κ3) is 2.24. The van der Waals surface area contributed by atoms with Gasteiger partial charge in [0.25, 0.3) is 0 Å². The molecule has 1 heterocycles. The molecular formula is C17H13F2NO2. The predicted octanol–water partition coefficient (Wildman–Crippen LogP) is 4.21. The fraction of sp³-hybridized carbons (Fsp3) is 0.118. The first-order valence-electron chi connectivity index (χ1n) is 6.67. The summed E-state index contributed by atoms with van der Waals surface area (Å²) in [6.45, 7) is 1.74. The molecule has 0 fully saturated rings. The van der Waals surface area contributed by atoms with Crippen LogP contribution in [0.15, 0.2) is 36.4 Å². The number of H-pyrrole nitrogens is 1. The average molecular weight is 301 g/mol. The third-order valence-electron chi connectivity index (χ3n) is 3.53. The maximum Gasteiger partial charge on any atom is 0.340 e. The molecule has 0 unspecified atom stereocenters. The molecule has 22 heavy (non-hydrogen) atoms. The summed E-state index contributed by atoms with van der Waals surface area (Å²) in [4.78, 5) is 15.0. The van der Waals surface area contributed by atoms with Crippen LogP contribution >= 0.6 is 0 Å². The first-order chi connectivity index (χ1) is 10.5. The number of aromatic nitrogens is 1. The molecule has 0 spiro atoms. The van der Waals surface area contributed by atoms with Gasteiger partial charge in [-0.15, -0.1) is 0 Å².